The zero-order chi connectivity index (χ0) is 13.0. The first-order valence-electron chi connectivity index (χ1n) is 7.04. The Kier molecular flexibility index (Phi) is 4.54. The maximum atomic E-state index is 12.2. The third-order valence-corrected chi connectivity index (χ3v) is 3.58. The minimum atomic E-state index is 0.262. The van der Waals surface area contributed by atoms with Gasteiger partial charge in [-0.3, -0.25) is 9.69 Å². The highest BCUT2D eigenvalue weighted by Crippen LogP contribution is 2.27. The predicted molar refractivity (Wildman–Crippen MR) is 75.0 cm³/mol. The van der Waals surface area contributed by atoms with E-state index in [2.05, 4.69) is 11.8 Å². The van der Waals surface area contributed by atoms with Crippen LogP contribution in [0.4, 0.5) is 0 Å². The number of carbonyl (C=O) groups is 1. The van der Waals surface area contributed by atoms with Crippen molar-refractivity contribution in [2.24, 2.45) is 0 Å². The topological polar surface area (TPSA) is 20.3 Å². The summed E-state index contributed by atoms with van der Waals surface area (Å²) in [6.45, 7) is 5.91. The van der Waals surface area contributed by atoms with Crippen LogP contribution in [0, 0.1) is 6.92 Å². The summed E-state index contributed by atoms with van der Waals surface area (Å²) >= 11 is 0. The van der Waals surface area contributed by atoms with Crippen molar-refractivity contribution in [2.75, 3.05) is 13.1 Å². The number of nitrogens with zero attached hydrogens (tertiary/aromatic N) is 1. The van der Waals surface area contributed by atoms with E-state index >= 15 is 0 Å². The van der Waals surface area contributed by atoms with Crippen molar-refractivity contribution < 1.29 is 4.79 Å². The maximum absolute atomic E-state index is 12.2. The second kappa shape index (κ2) is 6.14. The second-order valence-electron chi connectivity index (χ2n) is 5.34. The summed E-state index contributed by atoms with van der Waals surface area (Å²) in [6, 6.07) is 8.60. The highest BCUT2D eigenvalue weighted by atomic mass is 16.1. The number of ketones is 1. The van der Waals surface area contributed by atoms with Crippen LogP contribution in [0.1, 0.15) is 48.5 Å². The molecular formula is C16H23NO. The van der Waals surface area contributed by atoms with Gasteiger partial charge in [-0.2, -0.15) is 0 Å². The zero-order valence-corrected chi connectivity index (χ0v) is 11.5. The normalized spacial score (nSPS) is 15.1. The average Bonchev–Trinajstić information content (AvgIpc) is 3.19. The van der Waals surface area contributed by atoms with Crippen LogP contribution in [-0.4, -0.2) is 29.8 Å². The van der Waals surface area contributed by atoms with E-state index < -0.39 is 0 Å². The number of carbonyl (C=O) groups excluding carboxylic acids is 1. The van der Waals surface area contributed by atoms with Gasteiger partial charge in [-0.05, 0) is 32.7 Å². The first-order chi connectivity index (χ1) is 8.70. The van der Waals surface area contributed by atoms with Crippen LogP contribution < -0.4 is 0 Å². The van der Waals surface area contributed by atoms with Crippen LogP contribution in [0.25, 0.3) is 0 Å². The van der Waals surface area contributed by atoms with Crippen LogP contribution >= 0.6 is 0 Å². The monoisotopic (exact) mass is 245 g/mol. The molecule has 0 aliphatic heterocycles. The van der Waals surface area contributed by atoms with Crippen molar-refractivity contribution in [2.45, 2.75) is 45.6 Å². The number of Topliss-reactive ketones (excluding diaryl/α,β-unsaturated/α-hetero) is 1. The molecule has 1 aliphatic carbocycles. The van der Waals surface area contributed by atoms with Crippen LogP contribution in [0.3, 0.4) is 0 Å². The molecular weight excluding hydrogens is 222 g/mol. The lowest BCUT2D eigenvalue weighted by Gasteiger charge is -2.20. The lowest BCUT2D eigenvalue weighted by molar-refractivity contribution is 0.0923. The molecule has 1 saturated carbocycles. The van der Waals surface area contributed by atoms with Gasteiger partial charge in [0, 0.05) is 11.6 Å². The molecule has 18 heavy (non-hydrogen) atoms. The molecule has 1 fully saturated rings. The van der Waals surface area contributed by atoms with Crippen molar-refractivity contribution in [1.29, 1.82) is 0 Å². The van der Waals surface area contributed by atoms with Crippen molar-refractivity contribution in [3.8, 4) is 0 Å². The van der Waals surface area contributed by atoms with E-state index in [1.807, 2.05) is 31.2 Å². The van der Waals surface area contributed by atoms with Gasteiger partial charge in [0.2, 0.25) is 0 Å². The van der Waals surface area contributed by atoms with Gasteiger partial charge in [0.25, 0.3) is 0 Å². The Morgan fingerprint density at radius 1 is 1.28 bits per heavy atom. The lowest BCUT2D eigenvalue weighted by atomic mass is 10.1. The van der Waals surface area contributed by atoms with E-state index in [0.29, 0.717) is 12.6 Å². The van der Waals surface area contributed by atoms with Crippen molar-refractivity contribution in [3.63, 3.8) is 0 Å². The first kappa shape index (κ1) is 13.3. The van der Waals surface area contributed by atoms with E-state index in [-0.39, 0.29) is 5.78 Å². The van der Waals surface area contributed by atoms with Gasteiger partial charge in [0.15, 0.2) is 5.78 Å². The molecule has 0 heterocycles. The molecule has 2 nitrogen and oxygen atoms in total. The summed E-state index contributed by atoms with van der Waals surface area (Å²) in [7, 11) is 0. The third-order valence-electron chi connectivity index (χ3n) is 3.58. The number of hydrogen-bond acceptors (Lipinski definition) is 2. The molecule has 2 heteroatoms. The molecule has 0 N–H and O–H groups in total. The molecule has 0 atom stereocenters. The highest BCUT2D eigenvalue weighted by Gasteiger charge is 2.29. The smallest absolute Gasteiger partial charge is 0.176 e. The molecule has 0 amide bonds. The Labute approximate surface area is 110 Å². The minimum absolute atomic E-state index is 0.262. The van der Waals surface area contributed by atoms with Crippen LogP contribution in [-0.2, 0) is 0 Å². The molecule has 0 spiro atoms. The Morgan fingerprint density at radius 3 is 2.50 bits per heavy atom. The van der Waals surface area contributed by atoms with Gasteiger partial charge in [-0.1, -0.05) is 43.2 Å². The summed E-state index contributed by atoms with van der Waals surface area (Å²) in [6.07, 6.45) is 4.93. The average molecular weight is 245 g/mol. The predicted octanol–water partition coefficient (Wildman–Crippen LogP) is 3.44. The number of benzene rings is 1. The Balaban J connectivity index is 1.93. The number of hydrogen-bond donors (Lipinski definition) is 0. The van der Waals surface area contributed by atoms with Gasteiger partial charge >= 0.3 is 0 Å². The Hall–Kier alpha value is -1.15. The van der Waals surface area contributed by atoms with E-state index in [4.69, 9.17) is 0 Å². The fourth-order valence-electron chi connectivity index (χ4n) is 2.21. The zero-order valence-electron chi connectivity index (χ0n) is 11.5. The second-order valence-corrected chi connectivity index (χ2v) is 5.34. The molecule has 0 saturated heterocycles. The van der Waals surface area contributed by atoms with Crippen molar-refractivity contribution in [3.05, 3.63) is 35.4 Å². The summed E-state index contributed by atoms with van der Waals surface area (Å²) in [5.41, 5.74) is 2.05. The number of unbranched alkanes of at least 4 members (excludes halogenated alkanes) is 1. The van der Waals surface area contributed by atoms with Gasteiger partial charge in [-0.25, -0.2) is 0 Å². The number of aryl methyl sites for hydroxylation is 1. The molecule has 0 unspecified atom stereocenters. The first-order valence-corrected chi connectivity index (χ1v) is 7.04. The molecule has 0 bridgehead atoms. The standard InChI is InChI=1S/C16H23NO/c1-3-4-11-17(15-9-10-15)12-16(18)14-7-5-13(2)6-8-14/h5-8,15H,3-4,9-12H2,1-2H3. The minimum Gasteiger partial charge on any atom is -0.293 e. The van der Waals surface area contributed by atoms with Crippen molar-refractivity contribution in [1.82, 2.24) is 4.90 Å². The van der Waals surface area contributed by atoms with E-state index in [1.165, 1.54) is 31.2 Å². The SMILES string of the molecule is CCCCN(CC(=O)c1ccc(C)cc1)C1CC1. The summed E-state index contributed by atoms with van der Waals surface area (Å²) in [5.74, 6) is 0.262. The molecule has 1 aromatic carbocycles. The van der Waals surface area contributed by atoms with Gasteiger partial charge in [0.05, 0.1) is 6.54 Å². The van der Waals surface area contributed by atoms with Gasteiger partial charge in [0.1, 0.15) is 0 Å². The third kappa shape index (κ3) is 3.67. The number of rotatable bonds is 7. The quantitative estimate of drug-likeness (QED) is 0.686. The lowest BCUT2D eigenvalue weighted by Crippen LogP contribution is -2.32. The molecule has 2 rings (SSSR count). The Morgan fingerprint density at radius 2 is 1.94 bits per heavy atom. The van der Waals surface area contributed by atoms with E-state index in [1.54, 1.807) is 0 Å². The largest absolute Gasteiger partial charge is 0.293 e. The summed E-state index contributed by atoms with van der Waals surface area (Å²) in [5, 5.41) is 0. The molecule has 1 aromatic rings. The summed E-state index contributed by atoms with van der Waals surface area (Å²) < 4.78 is 0. The molecule has 0 radical (unpaired) electrons. The fourth-order valence-corrected chi connectivity index (χ4v) is 2.21. The molecule has 0 aromatic heterocycles. The maximum Gasteiger partial charge on any atom is 0.176 e. The van der Waals surface area contributed by atoms with Gasteiger partial charge in [-0.15, -0.1) is 0 Å². The van der Waals surface area contributed by atoms with Crippen molar-refractivity contribution >= 4 is 5.78 Å². The van der Waals surface area contributed by atoms with E-state index in [0.717, 1.165) is 12.1 Å². The molecule has 98 valence electrons. The fraction of sp³-hybridized carbons (Fsp3) is 0.562. The van der Waals surface area contributed by atoms with Crippen LogP contribution in [0.2, 0.25) is 0 Å². The Bertz CT molecular complexity index is 392. The summed E-state index contributed by atoms with van der Waals surface area (Å²) in [4.78, 5) is 14.6. The van der Waals surface area contributed by atoms with E-state index in [9.17, 15) is 4.79 Å². The van der Waals surface area contributed by atoms with Gasteiger partial charge < -0.3 is 0 Å². The van der Waals surface area contributed by atoms with Crippen LogP contribution in [0.15, 0.2) is 24.3 Å². The molecule has 1 aliphatic rings. The van der Waals surface area contributed by atoms with Crippen LogP contribution in [0.5, 0.6) is 0 Å². The highest BCUT2D eigenvalue weighted by molar-refractivity contribution is 5.97.